The highest BCUT2D eigenvalue weighted by atomic mass is 32.1. The van der Waals surface area contributed by atoms with E-state index in [4.69, 9.17) is 9.47 Å². The molecule has 0 atom stereocenters. The highest BCUT2D eigenvalue weighted by Crippen LogP contribution is 2.27. The molecule has 1 amide bonds. The zero-order valence-electron chi connectivity index (χ0n) is 14.9. The Hall–Kier alpha value is -2.86. The van der Waals surface area contributed by atoms with Crippen molar-refractivity contribution in [2.24, 2.45) is 0 Å². The first-order chi connectivity index (χ1) is 12.5. The summed E-state index contributed by atoms with van der Waals surface area (Å²) in [7, 11) is 1.60. The van der Waals surface area contributed by atoms with Gasteiger partial charge >= 0.3 is 0 Å². The molecule has 0 aliphatic carbocycles. The topological polar surface area (TPSA) is 60.5 Å². The van der Waals surface area contributed by atoms with Crippen LogP contribution in [-0.4, -0.2) is 24.1 Å². The van der Waals surface area contributed by atoms with Crippen molar-refractivity contribution in [2.75, 3.05) is 12.4 Å². The largest absolute Gasteiger partial charge is 0.497 e. The highest BCUT2D eigenvalue weighted by molar-refractivity contribution is 7.13. The summed E-state index contributed by atoms with van der Waals surface area (Å²) in [6, 6.07) is 14.9. The third-order valence-corrected chi connectivity index (χ3v) is 4.43. The van der Waals surface area contributed by atoms with Crippen LogP contribution in [0.3, 0.4) is 0 Å². The van der Waals surface area contributed by atoms with Crippen molar-refractivity contribution in [3.63, 3.8) is 0 Å². The molecule has 0 radical (unpaired) electrons. The number of methoxy groups -OCH3 is 1. The van der Waals surface area contributed by atoms with Gasteiger partial charge in [-0.3, -0.25) is 4.79 Å². The first-order valence-electron chi connectivity index (χ1n) is 8.23. The summed E-state index contributed by atoms with van der Waals surface area (Å²) >= 11 is 1.43. The Balaban J connectivity index is 1.73. The smallest absolute Gasteiger partial charge is 0.275 e. The third kappa shape index (κ3) is 4.40. The van der Waals surface area contributed by atoms with Crippen LogP contribution in [0, 0.1) is 0 Å². The molecule has 26 heavy (non-hydrogen) atoms. The van der Waals surface area contributed by atoms with Crippen LogP contribution in [0.4, 0.5) is 5.69 Å². The van der Waals surface area contributed by atoms with Gasteiger partial charge in [0, 0.05) is 16.6 Å². The molecule has 134 valence electrons. The Bertz CT molecular complexity index is 888. The van der Waals surface area contributed by atoms with Gasteiger partial charge in [-0.2, -0.15) is 0 Å². The van der Waals surface area contributed by atoms with Crippen LogP contribution >= 0.6 is 11.3 Å². The average molecular weight is 368 g/mol. The van der Waals surface area contributed by atoms with Crippen LogP contribution in [0.1, 0.15) is 24.3 Å². The van der Waals surface area contributed by atoms with E-state index in [1.165, 1.54) is 11.3 Å². The van der Waals surface area contributed by atoms with Gasteiger partial charge in [0.2, 0.25) is 0 Å². The molecule has 2 aromatic carbocycles. The van der Waals surface area contributed by atoms with Gasteiger partial charge in [0.1, 0.15) is 22.2 Å². The van der Waals surface area contributed by atoms with Crippen molar-refractivity contribution in [1.29, 1.82) is 0 Å². The molecular weight excluding hydrogens is 348 g/mol. The number of carbonyl (C=O) groups excluding carboxylic acids is 1. The Kier molecular flexibility index (Phi) is 5.53. The van der Waals surface area contributed by atoms with E-state index in [1.54, 1.807) is 36.8 Å². The number of ether oxygens (including phenoxy) is 2. The summed E-state index contributed by atoms with van der Waals surface area (Å²) in [6.45, 7) is 3.97. The maximum atomic E-state index is 12.4. The Morgan fingerprint density at radius 1 is 1.12 bits per heavy atom. The van der Waals surface area contributed by atoms with Gasteiger partial charge in [0.25, 0.3) is 5.91 Å². The maximum Gasteiger partial charge on any atom is 0.275 e. The summed E-state index contributed by atoms with van der Waals surface area (Å²) in [6.07, 6.45) is 0.104. The van der Waals surface area contributed by atoms with Gasteiger partial charge in [-0.15, -0.1) is 11.3 Å². The predicted molar refractivity (Wildman–Crippen MR) is 104 cm³/mol. The van der Waals surface area contributed by atoms with E-state index in [2.05, 4.69) is 10.3 Å². The van der Waals surface area contributed by atoms with Crippen molar-refractivity contribution >= 4 is 22.9 Å². The molecule has 3 rings (SSSR count). The van der Waals surface area contributed by atoms with E-state index in [-0.39, 0.29) is 12.0 Å². The molecule has 0 aliphatic heterocycles. The van der Waals surface area contributed by atoms with Crippen molar-refractivity contribution in [3.8, 4) is 22.1 Å². The minimum atomic E-state index is -0.243. The lowest BCUT2D eigenvalue weighted by molar-refractivity contribution is 0.102. The molecule has 1 heterocycles. The van der Waals surface area contributed by atoms with Crippen LogP contribution in [0.2, 0.25) is 0 Å². The summed E-state index contributed by atoms with van der Waals surface area (Å²) in [5.74, 6) is 1.28. The van der Waals surface area contributed by atoms with E-state index in [9.17, 15) is 4.79 Å². The van der Waals surface area contributed by atoms with Crippen molar-refractivity contribution in [3.05, 3.63) is 59.6 Å². The number of nitrogens with zero attached hydrogens (tertiary/aromatic N) is 1. The standard InChI is InChI=1S/C20H20N2O3S/c1-13(2)25-17-6-4-5-14(11-17)20-22-18(12-26-20)19(23)21-15-7-9-16(24-3)10-8-15/h4-13H,1-3H3,(H,21,23). The fourth-order valence-electron chi connectivity index (χ4n) is 2.35. The van der Waals surface area contributed by atoms with Crippen LogP contribution in [0.5, 0.6) is 11.5 Å². The lowest BCUT2D eigenvalue weighted by atomic mass is 10.2. The van der Waals surface area contributed by atoms with Gasteiger partial charge in [0.05, 0.1) is 13.2 Å². The minimum absolute atomic E-state index is 0.104. The van der Waals surface area contributed by atoms with E-state index in [0.29, 0.717) is 11.4 Å². The number of hydrogen-bond donors (Lipinski definition) is 1. The average Bonchev–Trinajstić information content (AvgIpc) is 3.12. The number of rotatable bonds is 6. The molecule has 0 spiro atoms. The summed E-state index contributed by atoms with van der Waals surface area (Å²) in [5, 5.41) is 5.37. The molecule has 0 saturated carbocycles. The number of hydrogen-bond acceptors (Lipinski definition) is 5. The number of nitrogens with one attached hydrogen (secondary N) is 1. The zero-order valence-corrected chi connectivity index (χ0v) is 15.7. The second-order valence-corrected chi connectivity index (χ2v) is 6.77. The van der Waals surface area contributed by atoms with E-state index >= 15 is 0 Å². The third-order valence-electron chi connectivity index (χ3n) is 3.54. The van der Waals surface area contributed by atoms with Gasteiger partial charge < -0.3 is 14.8 Å². The second kappa shape index (κ2) is 8.01. The fraction of sp³-hybridized carbons (Fsp3) is 0.200. The number of carbonyl (C=O) groups is 1. The quantitative estimate of drug-likeness (QED) is 0.675. The molecular formula is C20H20N2O3S. The SMILES string of the molecule is COc1ccc(NC(=O)c2csc(-c3cccc(OC(C)C)c3)n2)cc1. The number of anilines is 1. The normalized spacial score (nSPS) is 10.6. The first-order valence-corrected chi connectivity index (χ1v) is 9.11. The summed E-state index contributed by atoms with van der Waals surface area (Å²) in [4.78, 5) is 16.9. The molecule has 0 fully saturated rings. The lowest BCUT2D eigenvalue weighted by Gasteiger charge is -2.10. The molecule has 0 saturated heterocycles. The number of amides is 1. The van der Waals surface area contributed by atoms with Gasteiger partial charge in [-0.05, 0) is 50.2 Å². The highest BCUT2D eigenvalue weighted by Gasteiger charge is 2.13. The summed E-state index contributed by atoms with van der Waals surface area (Å²) in [5.41, 5.74) is 2.00. The maximum absolute atomic E-state index is 12.4. The van der Waals surface area contributed by atoms with Crippen LogP contribution in [0.25, 0.3) is 10.6 Å². The summed E-state index contributed by atoms with van der Waals surface area (Å²) < 4.78 is 10.8. The zero-order chi connectivity index (χ0) is 18.5. The van der Waals surface area contributed by atoms with Crippen LogP contribution < -0.4 is 14.8 Å². The Labute approximate surface area is 156 Å². The minimum Gasteiger partial charge on any atom is -0.497 e. The van der Waals surface area contributed by atoms with Crippen molar-refractivity contribution in [1.82, 2.24) is 4.98 Å². The molecule has 6 heteroatoms. The molecule has 1 N–H and O–H groups in total. The second-order valence-electron chi connectivity index (χ2n) is 5.91. The lowest BCUT2D eigenvalue weighted by Crippen LogP contribution is -2.12. The number of thiazole rings is 1. The fourth-order valence-corrected chi connectivity index (χ4v) is 3.15. The number of benzene rings is 2. The van der Waals surface area contributed by atoms with Crippen LogP contribution in [-0.2, 0) is 0 Å². The molecule has 3 aromatic rings. The Morgan fingerprint density at radius 2 is 1.88 bits per heavy atom. The monoisotopic (exact) mass is 368 g/mol. The molecule has 1 aromatic heterocycles. The van der Waals surface area contributed by atoms with E-state index in [0.717, 1.165) is 22.1 Å². The Morgan fingerprint density at radius 3 is 2.58 bits per heavy atom. The van der Waals surface area contributed by atoms with Crippen LogP contribution in [0.15, 0.2) is 53.9 Å². The van der Waals surface area contributed by atoms with E-state index in [1.807, 2.05) is 38.1 Å². The molecule has 5 nitrogen and oxygen atoms in total. The van der Waals surface area contributed by atoms with E-state index < -0.39 is 0 Å². The number of aromatic nitrogens is 1. The molecule has 0 unspecified atom stereocenters. The van der Waals surface area contributed by atoms with Gasteiger partial charge in [0.15, 0.2) is 0 Å². The van der Waals surface area contributed by atoms with Crippen molar-refractivity contribution in [2.45, 2.75) is 20.0 Å². The van der Waals surface area contributed by atoms with Crippen molar-refractivity contribution < 1.29 is 14.3 Å². The van der Waals surface area contributed by atoms with Gasteiger partial charge in [-0.25, -0.2) is 4.98 Å². The van der Waals surface area contributed by atoms with Gasteiger partial charge in [-0.1, -0.05) is 12.1 Å². The molecule has 0 bridgehead atoms. The predicted octanol–water partition coefficient (Wildman–Crippen LogP) is 4.86. The molecule has 0 aliphatic rings. The first kappa shape index (κ1) is 17.9.